The smallest absolute Gasteiger partial charge is 0.303 e. The van der Waals surface area contributed by atoms with Gasteiger partial charge in [-0.25, -0.2) is 4.39 Å². The summed E-state index contributed by atoms with van der Waals surface area (Å²) < 4.78 is 18.6. The molecule has 1 amide bonds. The monoisotopic (exact) mass is 323 g/mol. The number of halogens is 1. The predicted octanol–water partition coefficient (Wildman–Crippen LogP) is 2.20. The summed E-state index contributed by atoms with van der Waals surface area (Å²) in [5.41, 5.74) is 0.0708. The van der Waals surface area contributed by atoms with Crippen LogP contribution in [0.3, 0.4) is 0 Å². The van der Waals surface area contributed by atoms with Crippen LogP contribution in [-0.2, 0) is 19.7 Å². The predicted molar refractivity (Wildman–Crippen MR) is 82.6 cm³/mol. The second-order valence-corrected chi connectivity index (χ2v) is 5.93. The van der Waals surface area contributed by atoms with Crippen molar-refractivity contribution >= 4 is 11.9 Å². The van der Waals surface area contributed by atoms with E-state index in [4.69, 9.17) is 9.84 Å². The molecule has 6 heteroatoms. The highest BCUT2D eigenvalue weighted by Gasteiger charge is 2.43. The number of hydrogen-bond acceptors (Lipinski definition) is 3. The van der Waals surface area contributed by atoms with Gasteiger partial charge < -0.3 is 14.7 Å². The molecule has 0 radical (unpaired) electrons. The molecule has 1 heterocycles. The molecule has 2 rings (SSSR count). The molecular formula is C17H22FNO4. The number of amides is 1. The largest absolute Gasteiger partial charge is 0.481 e. The zero-order chi connectivity index (χ0) is 16.9. The van der Waals surface area contributed by atoms with E-state index in [-0.39, 0.29) is 18.1 Å². The van der Waals surface area contributed by atoms with Crippen molar-refractivity contribution in [1.82, 2.24) is 4.90 Å². The van der Waals surface area contributed by atoms with Gasteiger partial charge in [-0.1, -0.05) is 12.1 Å². The van der Waals surface area contributed by atoms with E-state index in [1.807, 2.05) is 0 Å². The Kier molecular flexibility index (Phi) is 5.71. The number of carboxylic acids is 1. The molecule has 0 saturated carbocycles. The molecule has 1 N–H and O–H groups in total. The van der Waals surface area contributed by atoms with Gasteiger partial charge in [0.15, 0.2) is 0 Å². The number of aliphatic carboxylic acids is 1. The lowest BCUT2D eigenvalue weighted by Crippen LogP contribution is -2.49. The standard InChI is InChI=1S/C17H22FNO4/c1-19(10-2-3-15(20)21)16(22)17(8-11-23-12-9-17)13-4-6-14(18)7-5-13/h4-7H,2-3,8-12H2,1H3,(H,20,21). The Hall–Kier alpha value is -1.95. The van der Waals surface area contributed by atoms with E-state index < -0.39 is 11.4 Å². The first kappa shape index (κ1) is 17.4. The normalized spacial score (nSPS) is 16.8. The number of carbonyl (C=O) groups is 2. The van der Waals surface area contributed by atoms with Gasteiger partial charge in [0.2, 0.25) is 5.91 Å². The van der Waals surface area contributed by atoms with E-state index in [9.17, 15) is 14.0 Å². The number of likely N-dealkylation sites (N-methyl/N-ethyl adjacent to an activating group) is 1. The first-order valence-corrected chi connectivity index (χ1v) is 7.77. The van der Waals surface area contributed by atoms with Crippen LogP contribution >= 0.6 is 0 Å². The van der Waals surface area contributed by atoms with Crippen LogP contribution in [0.15, 0.2) is 24.3 Å². The molecule has 1 fully saturated rings. The fourth-order valence-corrected chi connectivity index (χ4v) is 3.05. The van der Waals surface area contributed by atoms with Gasteiger partial charge >= 0.3 is 5.97 Å². The fourth-order valence-electron chi connectivity index (χ4n) is 3.05. The van der Waals surface area contributed by atoms with Crippen LogP contribution in [0.5, 0.6) is 0 Å². The van der Waals surface area contributed by atoms with Crippen LogP contribution in [0.25, 0.3) is 0 Å². The van der Waals surface area contributed by atoms with Crippen molar-refractivity contribution in [2.24, 2.45) is 0 Å². The number of hydrogen-bond donors (Lipinski definition) is 1. The third-order valence-corrected chi connectivity index (χ3v) is 4.38. The zero-order valence-electron chi connectivity index (χ0n) is 13.3. The molecule has 0 spiro atoms. The first-order valence-electron chi connectivity index (χ1n) is 7.77. The van der Waals surface area contributed by atoms with Crippen LogP contribution in [0.4, 0.5) is 4.39 Å². The molecule has 1 aromatic carbocycles. The average Bonchev–Trinajstić information content (AvgIpc) is 2.55. The van der Waals surface area contributed by atoms with Gasteiger partial charge in [-0.3, -0.25) is 9.59 Å². The van der Waals surface area contributed by atoms with E-state index in [1.54, 1.807) is 24.1 Å². The Bertz CT molecular complexity index is 552. The molecule has 23 heavy (non-hydrogen) atoms. The first-order chi connectivity index (χ1) is 11.0. The number of carbonyl (C=O) groups excluding carboxylic acids is 1. The summed E-state index contributed by atoms with van der Waals surface area (Å²) in [6.07, 6.45) is 1.53. The van der Waals surface area contributed by atoms with Crippen molar-refractivity contribution in [1.29, 1.82) is 0 Å². The van der Waals surface area contributed by atoms with Crippen LogP contribution < -0.4 is 0 Å². The van der Waals surface area contributed by atoms with Gasteiger partial charge in [0.1, 0.15) is 5.82 Å². The van der Waals surface area contributed by atoms with Crippen molar-refractivity contribution in [2.75, 3.05) is 26.8 Å². The Balaban J connectivity index is 2.18. The van der Waals surface area contributed by atoms with Gasteiger partial charge in [-0.2, -0.15) is 0 Å². The van der Waals surface area contributed by atoms with Crippen molar-refractivity contribution in [3.05, 3.63) is 35.6 Å². The number of benzene rings is 1. The lowest BCUT2D eigenvalue weighted by molar-refractivity contribution is -0.141. The fraction of sp³-hybridized carbons (Fsp3) is 0.529. The maximum Gasteiger partial charge on any atom is 0.303 e. The number of rotatable bonds is 6. The average molecular weight is 323 g/mol. The molecule has 0 atom stereocenters. The van der Waals surface area contributed by atoms with Crippen LogP contribution in [0.1, 0.15) is 31.2 Å². The van der Waals surface area contributed by atoms with Gasteiger partial charge in [0.05, 0.1) is 5.41 Å². The molecule has 0 unspecified atom stereocenters. The van der Waals surface area contributed by atoms with E-state index in [1.165, 1.54) is 12.1 Å². The van der Waals surface area contributed by atoms with Gasteiger partial charge in [-0.05, 0) is 37.0 Å². The zero-order valence-corrected chi connectivity index (χ0v) is 13.3. The third-order valence-electron chi connectivity index (χ3n) is 4.38. The van der Waals surface area contributed by atoms with Crippen molar-refractivity contribution in [3.8, 4) is 0 Å². The molecule has 1 saturated heterocycles. The minimum Gasteiger partial charge on any atom is -0.481 e. The summed E-state index contributed by atoms with van der Waals surface area (Å²) in [4.78, 5) is 25.2. The molecule has 126 valence electrons. The highest BCUT2D eigenvalue weighted by Crippen LogP contribution is 2.36. The molecule has 5 nitrogen and oxygen atoms in total. The summed E-state index contributed by atoms with van der Waals surface area (Å²) in [6.45, 7) is 1.34. The van der Waals surface area contributed by atoms with Crippen molar-refractivity contribution < 1.29 is 23.8 Å². The molecule has 1 aromatic rings. The summed E-state index contributed by atoms with van der Waals surface area (Å²) in [6, 6.07) is 6.04. The lowest BCUT2D eigenvalue weighted by atomic mass is 9.73. The minimum atomic E-state index is -0.870. The molecule has 0 aliphatic carbocycles. The van der Waals surface area contributed by atoms with Crippen LogP contribution in [0, 0.1) is 5.82 Å². The molecule has 0 bridgehead atoms. The summed E-state index contributed by atoms with van der Waals surface area (Å²) >= 11 is 0. The highest BCUT2D eigenvalue weighted by atomic mass is 19.1. The highest BCUT2D eigenvalue weighted by molar-refractivity contribution is 5.88. The van der Waals surface area contributed by atoms with Gasteiger partial charge in [-0.15, -0.1) is 0 Å². The molecule has 0 aromatic heterocycles. The summed E-state index contributed by atoms with van der Waals surface area (Å²) in [5, 5.41) is 8.71. The van der Waals surface area contributed by atoms with Crippen molar-refractivity contribution in [3.63, 3.8) is 0 Å². The van der Waals surface area contributed by atoms with Gasteiger partial charge in [0, 0.05) is 33.2 Å². The molecular weight excluding hydrogens is 301 g/mol. The topological polar surface area (TPSA) is 66.8 Å². The Morgan fingerprint density at radius 2 is 1.87 bits per heavy atom. The van der Waals surface area contributed by atoms with Gasteiger partial charge in [0.25, 0.3) is 0 Å². The summed E-state index contributed by atoms with van der Waals surface area (Å²) in [5.74, 6) is -1.26. The van der Waals surface area contributed by atoms with Crippen LogP contribution in [-0.4, -0.2) is 48.7 Å². The summed E-state index contributed by atoms with van der Waals surface area (Å²) in [7, 11) is 1.69. The lowest BCUT2D eigenvalue weighted by Gasteiger charge is -2.39. The SMILES string of the molecule is CN(CCCC(=O)O)C(=O)C1(c2ccc(F)cc2)CCOCC1. The number of carboxylic acid groups (broad SMARTS) is 1. The van der Waals surface area contributed by atoms with Crippen molar-refractivity contribution in [2.45, 2.75) is 31.1 Å². The minimum absolute atomic E-state index is 0.0320. The van der Waals surface area contributed by atoms with E-state index >= 15 is 0 Å². The number of ether oxygens (including phenoxy) is 1. The maximum atomic E-state index is 13.2. The quantitative estimate of drug-likeness (QED) is 0.871. The van der Waals surface area contributed by atoms with E-state index in [2.05, 4.69) is 0 Å². The van der Waals surface area contributed by atoms with Crippen LogP contribution in [0.2, 0.25) is 0 Å². The van der Waals surface area contributed by atoms with E-state index in [0.29, 0.717) is 39.0 Å². The van der Waals surface area contributed by atoms with E-state index in [0.717, 1.165) is 5.56 Å². The number of nitrogens with zero attached hydrogens (tertiary/aromatic N) is 1. The second kappa shape index (κ2) is 7.55. The maximum absolute atomic E-state index is 13.2. The molecule has 1 aliphatic heterocycles. The third kappa shape index (κ3) is 4.07. The second-order valence-electron chi connectivity index (χ2n) is 5.93. The molecule has 1 aliphatic rings. The Labute approximate surface area is 135 Å². The Morgan fingerprint density at radius 1 is 1.26 bits per heavy atom. The Morgan fingerprint density at radius 3 is 2.43 bits per heavy atom.